The summed E-state index contributed by atoms with van der Waals surface area (Å²) in [5.41, 5.74) is -0.612. The molecule has 0 aliphatic heterocycles. The summed E-state index contributed by atoms with van der Waals surface area (Å²) < 4.78 is 3.78. The number of amides is 1. The van der Waals surface area contributed by atoms with Gasteiger partial charge in [0.05, 0.1) is 5.69 Å². The molecular formula is C12H11Cl3N2O3. The molecule has 1 N–H and O–H groups in total. The Hall–Kier alpha value is -1.04. The predicted octanol–water partition coefficient (Wildman–Crippen LogP) is 2.80. The lowest BCUT2D eigenvalue weighted by molar-refractivity contribution is -0.152. The van der Waals surface area contributed by atoms with Crippen molar-refractivity contribution in [2.24, 2.45) is 5.41 Å². The molecule has 1 aromatic heterocycles. The fraction of sp³-hybridized carbons (Fsp3) is 0.417. The van der Waals surface area contributed by atoms with Crippen LogP contribution in [0, 0.1) is 5.41 Å². The first-order valence-corrected chi connectivity index (χ1v) is 6.85. The van der Waals surface area contributed by atoms with Crippen LogP contribution >= 0.6 is 34.8 Å². The topological polar surface area (TPSA) is 68.3 Å². The molecule has 1 unspecified atom stereocenters. The van der Waals surface area contributed by atoms with Gasteiger partial charge in [-0.2, -0.15) is 0 Å². The molecule has 1 aliphatic rings. The van der Waals surface area contributed by atoms with Gasteiger partial charge in [0, 0.05) is 12.6 Å². The Morgan fingerprint density at radius 1 is 1.50 bits per heavy atom. The lowest BCUT2D eigenvalue weighted by Crippen LogP contribution is -2.26. The number of anilines is 1. The second-order valence-electron chi connectivity index (χ2n) is 4.68. The highest BCUT2D eigenvalue weighted by Gasteiger charge is 2.69. The van der Waals surface area contributed by atoms with Crippen LogP contribution < -0.4 is 5.32 Å². The largest absolute Gasteiger partial charge is 0.455 e. The van der Waals surface area contributed by atoms with Crippen molar-refractivity contribution in [2.45, 2.75) is 17.7 Å². The van der Waals surface area contributed by atoms with Crippen molar-refractivity contribution in [2.75, 3.05) is 11.9 Å². The highest BCUT2D eigenvalue weighted by Crippen LogP contribution is 2.64. The molecule has 0 radical (unpaired) electrons. The van der Waals surface area contributed by atoms with Gasteiger partial charge in [-0.1, -0.05) is 11.6 Å². The number of hydrogen-bond acceptors (Lipinski definition) is 4. The molecule has 20 heavy (non-hydrogen) atoms. The lowest BCUT2D eigenvalue weighted by atomic mass is 10.1. The minimum atomic E-state index is -1.12. The first-order valence-electron chi connectivity index (χ1n) is 5.72. The second-order valence-corrected chi connectivity index (χ2v) is 6.52. The Kier molecular flexibility index (Phi) is 4.14. The number of alkyl halides is 2. The molecule has 108 valence electrons. The zero-order valence-electron chi connectivity index (χ0n) is 10.5. The maximum Gasteiger partial charge on any atom is 0.315 e. The quantitative estimate of drug-likeness (QED) is 0.521. The number of pyridine rings is 1. The first-order chi connectivity index (χ1) is 9.26. The van der Waals surface area contributed by atoms with Gasteiger partial charge >= 0.3 is 5.97 Å². The molecule has 1 amide bonds. The van der Waals surface area contributed by atoms with Gasteiger partial charge in [0.15, 0.2) is 11.8 Å². The molecule has 1 aromatic rings. The van der Waals surface area contributed by atoms with Gasteiger partial charge in [-0.25, -0.2) is 4.98 Å². The number of carbonyl (C=O) groups excluding carboxylic acids is 2. The summed E-state index contributed by atoms with van der Waals surface area (Å²) in [6.07, 6.45) is 1.80. The van der Waals surface area contributed by atoms with Crippen LogP contribution in [-0.4, -0.2) is 27.8 Å². The van der Waals surface area contributed by atoms with Gasteiger partial charge in [-0.05, 0) is 19.1 Å². The third-order valence-electron chi connectivity index (χ3n) is 3.08. The average molecular weight is 338 g/mol. The summed E-state index contributed by atoms with van der Waals surface area (Å²) in [7, 11) is 0. The molecule has 8 heteroatoms. The van der Waals surface area contributed by atoms with Gasteiger partial charge < -0.3 is 10.1 Å². The van der Waals surface area contributed by atoms with Crippen LogP contribution in [0.2, 0.25) is 5.15 Å². The third kappa shape index (κ3) is 3.00. The van der Waals surface area contributed by atoms with E-state index in [-0.39, 0.29) is 5.15 Å². The monoisotopic (exact) mass is 336 g/mol. The maximum absolute atomic E-state index is 11.8. The Balaban J connectivity index is 1.85. The molecule has 2 rings (SSSR count). The Labute approximate surface area is 130 Å². The summed E-state index contributed by atoms with van der Waals surface area (Å²) in [5, 5.41) is 2.64. The number of rotatable bonds is 4. The first kappa shape index (κ1) is 15.4. The van der Waals surface area contributed by atoms with Crippen LogP contribution in [0.1, 0.15) is 13.3 Å². The van der Waals surface area contributed by atoms with E-state index >= 15 is 0 Å². The zero-order chi connectivity index (χ0) is 15.0. The molecular weight excluding hydrogens is 327 g/mol. The second kappa shape index (κ2) is 5.39. The lowest BCUT2D eigenvalue weighted by Gasteiger charge is -2.12. The Morgan fingerprint density at radius 2 is 2.15 bits per heavy atom. The van der Waals surface area contributed by atoms with Gasteiger partial charge in [0.25, 0.3) is 5.91 Å². The molecule has 0 bridgehead atoms. The van der Waals surface area contributed by atoms with Crippen molar-refractivity contribution < 1.29 is 14.3 Å². The summed E-state index contributed by atoms with van der Waals surface area (Å²) in [6.45, 7) is 1.15. The standard InChI is InChI=1S/C12H11Cl3N2O3/c1-11(6-12(11,14)15)10(19)20-5-8(18)17-7-3-2-4-16-9(7)13/h2-4H,5-6H2,1H3,(H,17,18). The van der Waals surface area contributed by atoms with Gasteiger partial charge in [0.1, 0.15) is 9.75 Å². The number of esters is 1. The highest BCUT2D eigenvalue weighted by atomic mass is 35.5. The fourth-order valence-electron chi connectivity index (χ4n) is 1.58. The number of hydrogen-bond donors (Lipinski definition) is 1. The number of ether oxygens (including phenoxy) is 1. The zero-order valence-corrected chi connectivity index (χ0v) is 12.7. The fourth-order valence-corrected chi connectivity index (χ4v) is 2.43. The molecule has 1 atom stereocenters. The summed E-state index contributed by atoms with van der Waals surface area (Å²) in [5.74, 6) is -1.12. The van der Waals surface area contributed by atoms with Crippen molar-refractivity contribution in [1.82, 2.24) is 4.98 Å². The van der Waals surface area contributed by atoms with Crippen molar-refractivity contribution >= 4 is 52.4 Å². The van der Waals surface area contributed by atoms with Gasteiger partial charge in [-0.3, -0.25) is 9.59 Å². The van der Waals surface area contributed by atoms with E-state index in [9.17, 15) is 9.59 Å². The molecule has 5 nitrogen and oxygen atoms in total. The van der Waals surface area contributed by atoms with E-state index in [1.54, 1.807) is 19.1 Å². The van der Waals surface area contributed by atoms with Crippen LogP contribution in [0.4, 0.5) is 5.69 Å². The van der Waals surface area contributed by atoms with Gasteiger partial charge in [0.2, 0.25) is 0 Å². The number of nitrogens with zero attached hydrogens (tertiary/aromatic N) is 1. The molecule has 1 saturated carbocycles. The predicted molar refractivity (Wildman–Crippen MR) is 76.0 cm³/mol. The van der Waals surface area contributed by atoms with Crippen LogP contribution in [0.3, 0.4) is 0 Å². The van der Waals surface area contributed by atoms with E-state index in [1.165, 1.54) is 6.20 Å². The molecule has 1 aliphatic carbocycles. The maximum atomic E-state index is 11.8. The normalized spacial score (nSPS) is 23.0. The van der Waals surface area contributed by atoms with Crippen molar-refractivity contribution in [3.63, 3.8) is 0 Å². The van der Waals surface area contributed by atoms with Crippen molar-refractivity contribution in [3.05, 3.63) is 23.5 Å². The number of carbonyl (C=O) groups is 2. The molecule has 0 saturated heterocycles. The van der Waals surface area contributed by atoms with Crippen LogP contribution in [0.15, 0.2) is 18.3 Å². The van der Waals surface area contributed by atoms with Crippen molar-refractivity contribution in [1.29, 1.82) is 0 Å². The minimum absolute atomic E-state index is 0.155. The Bertz CT molecular complexity index is 565. The number of nitrogens with one attached hydrogen (secondary N) is 1. The van der Waals surface area contributed by atoms with Crippen LogP contribution in [0.5, 0.6) is 0 Å². The van der Waals surface area contributed by atoms with Crippen LogP contribution in [-0.2, 0) is 14.3 Å². The summed E-state index contributed by atoms with van der Waals surface area (Å²) >= 11 is 17.5. The molecule has 1 heterocycles. The molecule has 0 aromatic carbocycles. The van der Waals surface area contributed by atoms with E-state index in [0.29, 0.717) is 12.1 Å². The molecule has 1 fully saturated rings. The minimum Gasteiger partial charge on any atom is -0.455 e. The van der Waals surface area contributed by atoms with E-state index in [0.717, 1.165) is 0 Å². The smallest absolute Gasteiger partial charge is 0.315 e. The van der Waals surface area contributed by atoms with E-state index in [2.05, 4.69) is 10.3 Å². The van der Waals surface area contributed by atoms with Crippen LogP contribution in [0.25, 0.3) is 0 Å². The van der Waals surface area contributed by atoms with Gasteiger partial charge in [-0.15, -0.1) is 23.2 Å². The van der Waals surface area contributed by atoms with E-state index in [4.69, 9.17) is 39.5 Å². The van der Waals surface area contributed by atoms with E-state index in [1.807, 2.05) is 0 Å². The Morgan fingerprint density at radius 3 is 2.70 bits per heavy atom. The highest BCUT2D eigenvalue weighted by molar-refractivity contribution is 6.53. The van der Waals surface area contributed by atoms with Crippen molar-refractivity contribution in [3.8, 4) is 0 Å². The SMILES string of the molecule is CC1(C(=O)OCC(=O)Nc2cccnc2Cl)CC1(Cl)Cl. The third-order valence-corrected chi connectivity index (χ3v) is 4.48. The molecule has 0 spiro atoms. The number of aromatic nitrogens is 1. The average Bonchev–Trinajstić information content (AvgIpc) is 2.90. The van der Waals surface area contributed by atoms with E-state index < -0.39 is 28.2 Å². The summed E-state index contributed by atoms with van der Waals surface area (Å²) in [4.78, 5) is 27.2. The summed E-state index contributed by atoms with van der Waals surface area (Å²) in [6, 6.07) is 3.20. The number of halogens is 3.